The Bertz CT molecular complexity index is 444. The van der Waals surface area contributed by atoms with Crippen molar-refractivity contribution in [1.82, 2.24) is 0 Å². The van der Waals surface area contributed by atoms with E-state index in [1.807, 2.05) is 0 Å². The summed E-state index contributed by atoms with van der Waals surface area (Å²) in [6.45, 7) is 10.7. The van der Waals surface area contributed by atoms with Gasteiger partial charge in [0, 0.05) is 0 Å². The van der Waals surface area contributed by atoms with E-state index in [9.17, 15) is 0 Å². The van der Waals surface area contributed by atoms with Crippen molar-refractivity contribution in [1.29, 1.82) is 0 Å². The van der Waals surface area contributed by atoms with Gasteiger partial charge in [-0.15, -0.1) is 0 Å². The maximum atomic E-state index is 5.75. The maximum absolute atomic E-state index is 5.75. The van der Waals surface area contributed by atoms with Gasteiger partial charge < -0.3 is 0 Å². The molecule has 1 aromatic rings. The average molecular weight is 451 g/mol. The fraction of sp³-hybridized carbons (Fsp3) is 0.652. The summed E-state index contributed by atoms with van der Waals surface area (Å²) in [7, 11) is 0. The van der Waals surface area contributed by atoms with E-state index in [0.29, 0.717) is 0 Å². The fourth-order valence-electron chi connectivity index (χ4n) is 3.84. The van der Waals surface area contributed by atoms with Crippen LogP contribution in [-0.4, -0.2) is 31.6 Å². The Hall–Kier alpha value is -0.281. The van der Waals surface area contributed by atoms with E-state index in [2.05, 4.69) is 64.1 Å². The Labute approximate surface area is 161 Å². The first kappa shape index (κ1) is 22.8. The van der Waals surface area contributed by atoms with Crippen LogP contribution in [0.1, 0.15) is 71.8 Å². The molecule has 0 N–H and O–H groups in total. The molecule has 2 heteroatoms. The van der Waals surface area contributed by atoms with Crippen LogP contribution >= 0.6 is 0 Å². The summed E-state index contributed by atoms with van der Waals surface area (Å²) in [5.41, 5.74) is 1.49. The van der Waals surface area contributed by atoms with Crippen molar-refractivity contribution < 1.29 is 4.74 Å². The summed E-state index contributed by atoms with van der Waals surface area (Å²) < 4.78 is 12.0. The molecule has 0 radical (unpaired) electrons. The molecule has 1 rings (SSSR count). The quantitative estimate of drug-likeness (QED) is 0.210. The number of hydrogen-bond donors (Lipinski definition) is 0. The molecule has 0 atom stereocenters. The van der Waals surface area contributed by atoms with Gasteiger partial charge in [-0.1, -0.05) is 0 Å². The third kappa shape index (κ3) is 7.86. The predicted molar refractivity (Wildman–Crippen MR) is 116 cm³/mol. The molecule has 0 aromatic heterocycles. The first-order valence-electron chi connectivity index (χ1n) is 10.6. The molecule has 0 heterocycles. The zero-order chi connectivity index (χ0) is 18.4. The molecule has 1 aromatic carbocycles. The van der Waals surface area contributed by atoms with Crippen LogP contribution in [0, 0.1) is 0 Å². The van der Waals surface area contributed by atoms with Crippen molar-refractivity contribution in [3.05, 3.63) is 42.0 Å². The molecular weight excluding hydrogens is 411 g/mol. The second-order valence-corrected chi connectivity index (χ2v) is 20.4. The Balaban J connectivity index is 3.28. The van der Waals surface area contributed by atoms with Crippen LogP contribution in [0.2, 0.25) is 13.3 Å². The van der Waals surface area contributed by atoms with Crippen molar-refractivity contribution >= 4 is 22.0 Å². The Morgan fingerprint density at radius 1 is 0.840 bits per heavy atom. The standard InChI is InChI=1S/C11H13O.3C4H9.Sn/c1-2-12-10-6-9-11-7-4-3-5-8-11;3*1-3-4-2;/h3-8H,2,10H2,1H3;3*1,3-4H2,2H3;. The van der Waals surface area contributed by atoms with Crippen LogP contribution in [0.5, 0.6) is 0 Å². The van der Waals surface area contributed by atoms with Crippen LogP contribution in [0.4, 0.5) is 0 Å². The van der Waals surface area contributed by atoms with Crippen molar-refractivity contribution in [2.24, 2.45) is 0 Å². The van der Waals surface area contributed by atoms with Gasteiger partial charge in [0.2, 0.25) is 0 Å². The van der Waals surface area contributed by atoms with E-state index in [4.69, 9.17) is 4.74 Å². The molecule has 0 bridgehead atoms. The minimum absolute atomic E-state index is 0.782. The van der Waals surface area contributed by atoms with Crippen molar-refractivity contribution in [2.45, 2.75) is 79.5 Å². The number of unbranched alkanes of at least 4 members (excludes halogenated alkanes) is 3. The van der Waals surface area contributed by atoms with Crippen LogP contribution in [0.25, 0.3) is 3.59 Å². The minimum atomic E-state index is -2.42. The third-order valence-electron chi connectivity index (χ3n) is 5.29. The molecule has 0 aliphatic carbocycles. The summed E-state index contributed by atoms with van der Waals surface area (Å²) in [5.74, 6) is 0. The topological polar surface area (TPSA) is 9.23 Å². The van der Waals surface area contributed by atoms with Gasteiger partial charge in [-0.05, 0) is 0 Å². The number of rotatable bonds is 14. The predicted octanol–water partition coefficient (Wildman–Crippen LogP) is 7.49. The normalized spacial score (nSPS) is 12.6. The summed E-state index contributed by atoms with van der Waals surface area (Å²) >= 11 is -2.42. The van der Waals surface area contributed by atoms with E-state index in [0.717, 1.165) is 13.2 Å². The number of hydrogen-bond acceptors (Lipinski definition) is 1. The molecule has 25 heavy (non-hydrogen) atoms. The molecule has 0 aliphatic rings. The summed E-state index contributed by atoms with van der Waals surface area (Å²) in [6, 6.07) is 11.2. The van der Waals surface area contributed by atoms with Crippen molar-refractivity contribution in [2.75, 3.05) is 13.2 Å². The van der Waals surface area contributed by atoms with Crippen LogP contribution < -0.4 is 0 Å². The van der Waals surface area contributed by atoms with Gasteiger partial charge in [0.25, 0.3) is 0 Å². The van der Waals surface area contributed by atoms with E-state index >= 15 is 0 Å². The molecule has 1 nitrogen and oxygen atoms in total. The molecule has 0 amide bonds. The summed E-state index contributed by atoms with van der Waals surface area (Å²) in [5, 5.41) is 0. The monoisotopic (exact) mass is 452 g/mol. The fourth-order valence-corrected chi connectivity index (χ4v) is 20.8. The summed E-state index contributed by atoms with van der Waals surface area (Å²) in [4.78, 5) is 0. The van der Waals surface area contributed by atoms with Gasteiger partial charge in [-0.2, -0.15) is 0 Å². The Morgan fingerprint density at radius 3 is 1.80 bits per heavy atom. The van der Waals surface area contributed by atoms with Crippen molar-refractivity contribution in [3.8, 4) is 0 Å². The van der Waals surface area contributed by atoms with E-state index in [-0.39, 0.29) is 0 Å². The first-order chi connectivity index (χ1) is 12.2. The molecule has 0 aliphatic heterocycles. The molecule has 0 fully saturated rings. The third-order valence-corrected chi connectivity index (χ3v) is 21.2. The SMILES string of the molecule is CCC[CH2][Sn]([CH2]CCC)([CH2]CCC)/[C](=C\COCC)c1ccccc1. The summed E-state index contributed by atoms with van der Waals surface area (Å²) in [6.07, 6.45) is 10.7. The van der Waals surface area contributed by atoms with Crippen LogP contribution in [0.3, 0.4) is 0 Å². The van der Waals surface area contributed by atoms with Gasteiger partial charge in [-0.25, -0.2) is 0 Å². The second-order valence-electron chi connectivity index (χ2n) is 7.23. The molecule has 0 unspecified atom stereocenters. The van der Waals surface area contributed by atoms with E-state index < -0.39 is 18.4 Å². The average Bonchev–Trinajstić information content (AvgIpc) is 2.66. The van der Waals surface area contributed by atoms with Crippen LogP contribution in [0.15, 0.2) is 36.4 Å². The molecular formula is C23H40OSn. The molecule has 142 valence electrons. The number of benzene rings is 1. The first-order valence-corrected chi connectivity index (χ1v) is 18.1. The van der Waals surface area contributed by atoms with E-state index in [1.54, 1.807) is 3.59 Å². The molecule has 0 saturated heterocycles. The van der Waals surface area contributed by atoms with E-state index in [1.165, 1.54) is 57.4 Å². The zero-order valence-electron chi connectivity index (χ0n) is 17.2. The Kier molecular flexibility index (Phi) is 12.6. The van der Waals surface area contributed by atoms with Crippen LogP contribution in [-0.2, 0) is 4.74 Å². The molecule has 0 saturated carbocycles. The van der Waals surface area contributed by atoms with Crippen molar-refractivity contribution in [3.63, 3.8) is 0 Å². The number of ether oxygens (including phenoxy) is 1. The van der Waals surface area contributed by atoms with Gasteiger partial charge in [0.15, 0.2) is 0 Å². The zero-order valence-corrected chi connectivity index (χ0v) is 20.0. The Morgan fingerprint density at radius 2 is 1.36 bits per heavy atom. The van der Waals surface area contributed by atoms with Gasteiger partial charge >= 0.3 is 161 Å². The van der Waals surface area contributed by atoms with Gasteiger partial charge in [0.1, 0.15) is 0 Å². The molecule has 0 spiro atoms. The van der Waals surface area contributed by atoms with Gasteiger partial charge in [-0.3, -0.25) is 0 Å². The van der Waals surface area contributed by atoms with Gasteiger partial charge in [0.05, 0.1) is 0 Å². The second kappa shape index (κ2) is 13.9.